The zero-order chi connectivity index (χ0) is 23.4. The van der Waals surface area contributed by atoms with Crippen LogP contribution in [0, 0.1) is 12.8 Å². The Bertz CT molecular complexity index is 1270. The van der Waals surface area contributed by atoms with Crippen molar-refractivity contribution in [2.24, 2.45) is 5.92 Å². The van der Waals surface area contributed by atoms with E-state index in [2.05, 4.69) is 20.2 Å². The average Bonchev–Trinajstić information content (AvgIpc) is 3.56. The highest BCUT2D eigenvalue weighted by molar-refractivity contribution is 7.90. The number of aromatic nitrogens is 3. The van der Waals surface area contributed by atoms with Crippen LogP contribution in [-0.4, -0.2) is 85.6 Å². The molecule has 0 spiro atoms. The van der Waals surface area contributed by atoms with Crippen LogP contribution in [0.4, 0.5) is 11.8 Å². The van der Waals surface area contributed by atoms with Gasteiger partial charge in [0.25, 0.3) is 0 Å². The number of fused-ring (bicyclic) bond motifs is 1. The third kappa shape index (κ3) is 4.92. The molecular weight excluding hydrogens is 464 g/mol. The molecule has 0 atom stereocenters. The number of sulfone groups is 1. The standard InChI is InChI=1S/C21H30N6O4S2/c1-14-9-16-10-22-21(24-17-5-7-27(8-6-17)33(30,31)18-3-4-18)25-19(16)20(23-14)26-11-15(12-26)13-32(2,28)29/h9-10,15,17-18H,3-8,11-13H2,1-2H3,(H,22,24,25). The van der Waals surface area contributed by atoms with Crippen LogP contribution in [0.2, 0.25) is 0 Å². The Balaban J connectivity index is 1.28. The minimum absolute atomic E-state index is 0.105. The van der Waals surface area contributed by atoms with Gasteiger partial charge in [-0.1, -0.05) is 0 Å². The lowest BCUT2D eigenvalue weighted by Gasteiger charge is -2.40. The number of nitrogens with one attached hydrogen (secondary N) is 1. The van der Waals surface area contributed by atoms with Gasteiger partial charge < -0.3 is 10.2 Å². The number of anilines is 2. The second kappa shape index (κ2) is 8.31. The highest BCUT2D eigenvalue weighted by Gasteiger charge is 2.41. The Morgan fingerprint density at radius 3 is 2.39 bits per heavy atom. The second-order valence-corrected chi connectivity index (χ2v) is 14.0. The monoisotopic (exact) mass is 494 g/mol. The van der Waals surface area contributed by atoms with E-state index >= 15 is 0 Å². The van der Waals surface area contributed by atoms with Crippen molar-refractivity contribution in [3.8, 4) is 0 Å². The fraction of sp³-hybridized carbons (Fsp3) is 0.667. The molecule has 5 rings (SSSR count). The van der Waals surface area contributed by atoms with Gasteiger partial charge in [-0.05, 0) is 38.7 Å². The number of aryl methyl sites for hydroxylation is 1. The summed E-state index contributed by atoms with van der Waals surface area (Å²) in [6.45, 7) is 4.24. The summed E-state index contributed by atoms with van der Waals surface area (Å²) in [5.41, 5.74) is 1.60. The number of hydrogen-bond donors (Lipinski definition) is 1. The molecule has 1 saturated carbocycles. The van der Waals surface area contributed by atoms with Gasteiger partial charge in [0.15, 0.2) is 5.82 Å². The molecule has 33 heavy (non-hydrogen) atoms. The molecule has 12 heteroatoms. The lowest BCUT2D eigenvalue weighted by molar-refractivity contribution is 0.328. The van der Waals surface area contributed by atoms with Gasteiger partial charge >= 0.3 is 0 Å². The minimum atomic E-state index is -3.12. The molecule has 180 valence electrons. The Morgan fingerprint density at radius 1 is 1.06 bits per heavy atom. The Labute approximate surface area is 194 Å². The van der Waals surface area contributed by atoms with Crippen LogP contribution in [0.5, 0.6) is 0 Å². The molecule has 3 aliphatic rings. The van der Waals surface area contributed by atoms with Crippen molar-refractivity contribution in [1.29, 1.82) is 0 Å². The largest absolute Gasteiger partial charge is 0.354 e. The fourth-order valence-electron chi connectivity index (χ4n) is 4.73. The third-order valence-corrected chi connectivity index (χ3v) is 10.0. The zero-order valence-corrected chi connectivity index (χ0v) is 20.6. The predicted octanol–water partition coefficient (Wildman–Crippen LogP) is 1.18. The molecule has 1 N–H and O–H groups in total. The first-order valence-electron chi connectivity index (χ1n) is 11.4. The highest BCUT2D eigenvalue weighted by Crippen LogP contribution is 2.33. The third-order valence-electron chi connectivity index (χ3n) is 6.56. The van der Waals surface area contributed by atoms with Crippen LogP contribution in [0.3, 0.4) is 0 Å². The number of piperidine rings is 1. The van der Waals surface area contributed by atoms with E-state index in [4.69, 9.17) is 4.98 Å². The zero-order valence-electron chi connectivity index (χ0n) is 18.9. The molecule has 2 aliphatic heterocycles. The topological polar surface area (TPSA) is 125 Å². The number of rotatable bonds is 7. The van der Waals surface area contributed by atoms with Crippen LogP contribution < -0.4 is 10.2 Å². The van der Waals surface area contributed by atoms with E-state index in [9.17, 15) is 16.8 Å². The van der Waals surface area contributed by atoms with Gasteiger partial charge in [-0.3, -0.25) is 0 Å². The molecule has 10 nitrogen and oxygen atoms in total. The van der Waals surface area contributed by atoms with Gasteiger partial charge in [-0.25, -0.2) is 36.1 Å². The maximum atomic E-state index is 12.5. The van der Waals surface area contributed by atoms with Gasteiger partial charge in [-0.15, -0.1) is 0 Å². The average molecular weight is 495 g/mol. The van der Waals surface area contributed by atoms with Crippen molar-refractivity contribution in [1.82, 2.24) is 19.3 Å². The van der Waals surface area contributed by atoms with Crippen molar-refractivity contribution in [3.63, 3.8) is 0 Å². The smallest absolute Gasteiger partial charge is 0.223 e. The Morgan fingerprint density at radius 2 is 1.76 bits per heavy atom. The first-order chi connectivity index (χ1) is 15.6. The number of pyridine rings is 1. The van der Waals surface area contributed by atoms with E-state index in [1.807, 2.05) is 13.0 Å². The van der Waals surface area contributed by atoms with Crippen molar-refractivity contribution in [2.45, 2.75) is 43.9 Å². The normalized spacial score (nSPS) is 21.3. The lowest BCUT2D eigenvalue weighted by Crippen LogP contribution is -2.50. The van der Waals surface area contributed by atoms with Crippen molar-refractivity contribution in [2.75, 3.05) is 48.4 Å². The maximum absolute atomic E-state index is 12.5. The number of sulfonamides is 1. The SMILES string of the molecule is Cc1cc2cnc(NC3CCN(S(=O)(=O)C4CC4)CC3)nc2c(N2CC(CS(C)(=O)=O)C2)n1. The van der Waals surface area contributed by atoms with Crippen molar-refractivity contribution >= 4 is 42.5 Å². The first-order valence-corrected chi connectivity index (χ1v) is 15.0. The predicted molar refractivity (Wildman–Crippen MR) is 128 cm³/mol. The van der Waals surface area contributed by atoms with E-state index in [1.54, 1.807) is 10.5 Å². The summed E-state index contributed by atoms with van der Waals surface area (Å²) in [6, 6.07) is 2.05. The summed E-state index contributed by atoms with van der Waals surface area (Å²) in [4.78, 5) is 16.0. The highest BCUT2D eigenvalue weighted by atomic mass is 32.2. The van der Waals surface area contributed by atoms with E-state index in [-0.39, 0.29) is 23.0 Å². The summed E-state index contributed by atoms with van der Waals surface area (Å²) >= 11 is 0. The molecule has 0 amide bonds. The summed E-state index contributed by atoms with van der Waals surface area (Å²) in [7, 11) is -6.12. The minimum Gasteiger partial charge on any atom is -0.354 e. The number of hydrogen-bond acceptors (Lipinski definition) is 9. The Hall–Kier alpha value is -2.05. The van der Waals surface area contributed by atoms with Crippen LogP contribution >= 0.6 is 0 Å². The van der Waals surface area contributed by atoms with Crippen molar-refractivity contribution in [3.05, 3.63) is 18.0 Å². The molecule has 4 heterocycles. The molecule has 2 aromatic heterocycles. The summed E-state index contributed by atoms with van der Waals surface area (Å²) < 4.78 is 49.7. The van der Waals surface area contributed by atoms with Gasteiger partial charge in [-0.2, -0.15) is 0 Å². The molecule has 2 aromatic rings. The van der Waals surface area contributed by atoms with E-state index in [1.165, 1.54) is 6.26 Å². The van der Waals surface area contributed by atoms with Crippen LogP contribution in [0.1, 0.15) is 31.4 Å². The van der Waals surface area contributed by atoms with Gasteiger partial charge in [0.1, 0.15) is 15.4 Å². The quantitative estimate of drug-likeness (QED) is 0.604. The molecule has 1 aliphatic carbocycles. The van der Waals surface area contributed by atoms with Gasteiger partial charge in [0.05, 0.1) is 11.0 Å². The van der Waals surface area contributed by atoms with Crippen LogP contribution in [0.15, 0.2) is 12.3 Å². The molecular formula is C21H30N6O4S2. The van der Waals surface area contributed by atoms with Gasteiger partial charge in [0.2, 0.25) is 16.0 Å². The van der Waals surface area contributed by atoms with Crippen LogP contribution in [0.25, 0.3) is 10.9 Å². The van der Waals surface area contributed by atoms with E-state index < -0.39 is 19.9 Å². The van der Waals surface area contributed by atoms with Crippen molar-refractivity contribution < 1.29 is 16.8 Å². The Kier molecular flexibility index (Phi) is 5.73. The van der Waals surface area contributed by atoms with E-state index in [0.29, 0.717) is 45.0 Å². The lowest BCUT2D eigenvalue weighted by atomic mass is 10.0. The fourth-order valence-corrected chi connectivity index (χ4v) is 7.67. The number of nitrogens with zero attached hydrogens (tertiary/aromatic N) is 5. The summed E-state index contributed by atoms with van der Waals surface area (Å²) in [5.74, 6) is 1.55. The summed E-state index contributed by atoms with van der Waals surface area (Å²) in [5, 5.41) is 4.10. The molecule has 2 saturated heterocycles. The second-order valence-electron chi connectivity index (χ2n) is 9.64. The summed E-state index contributed by atoms with van der Waals surface area (Å²) in [6.07, 6.45) is 6.05. The van der Waals surface area contributed by atoms with E-state index in [0.717, 1.165) is 35.3 Å². The first kappa shape index (κ1) is 22.7. The van der Waals surface area contributed by atoms with Gasteiger partial charge in [0, 0.05) is 61.7 Å². The van der Waals surface area contributed by atoms with Crippen LogP contribution in [-0.2, 0) is 19.9 Å². The molecule has 0 aromatic carbocycles. The molecule has 3 fully saturated rings. The molecule has 0 radical (unpaired) electrons. The molecule has 0 unspecified atom stereocenters. The maximum Gasteiger partial charge on any atom is 0.223 e. The molecule has 0 bridgehead atoms.